The predicted molar refractivity (Wildman–Crippen MR) is 81.9 cm³/mol. The first kappa shape index (κ1) is 11.7. The number of pyridine rings is 1. The van der Waals surface area contributed by atoms with Gasteiger partial charge in [0.05, 0.1) is 11.7 Å². The highest BCUT2D eigenvalue weighted by Gasteiger charge is 2.30. The minimum atomic E-state index is 0.400. The first-order chi connectivity index (χ1) is 9.65. The Balaban J connectivity index is 2.15. The summed E-state index contributed by atoms with van der Waals surface area (Å²) in [4.78, 5) is 4.70. The molecule has 0 unspecified atom stereocenters. The van der Waals surface area contributed by atoms with Crippen LogP contribution in [0.15, 0.2) is 18.3 Å². The molecule has 1 fully saturated rings. The quantitative estimate of drug-likeness (QED) is 0.743. The number of anilines is 1. The number of nitrogen functional groups attached to an aromatic ring is 1. The van der Waals surface area contributed by atoms with Crippen LogP contribution in [0.4, 0.5) is 5.82 Å². The highest BCUT2D eigenvalue weighted by atomic mass is 15.1. The molecule has 2 heterocycles. The van der Waals surface area contributed by atoms with E-state index in [9.17, 15) is 0 Å². The Kier molecular flexibility index (Phi) is 2.31. The summed E-state index contributed by atoms with van der Waals surface area (Å²) in [5.74, 6) is 1.69. The van der Waals surface area contributed by atoms with Crippen molar-refractivity contribution < 1.29 is 0 Å². The van der Waals surface area contributed by atoms with E-state index in [1.54, 1.807) is 0 Å². The number of rotatable bonds is 2. The molecule has 2 aromatic heterocycles. The monoisotopic (exact) mass is 266 g/mol. The third kappa shape index (κ3) is 1.60. The van der Waals surface area contributed by atoms with Gasteiger partial charge in [-0.1, -0.05) is 13.8 Å². The maximum Gasteiger partial charge on any atom is 0.131 e. The van der Waals surface area contributed by atoms with Crippen molar-refractivity contribution in [3.05, 3.63) is 29.6 Å². The molecule has 0 atom stereocenters. The molecule has 4 rings (SSSR count). The standard InChI is InChI=1S/C16H18N4/c1-8(2)15-14(9-3-4-9)11-5-10-7-18-20-13(10)6-12(11)16(17)19-15/h5-9H,3-4H2,1-2H3,(H2,17,19)(H,18,20). The lowest BCUT2D eigenvalue weighted by Gasteiger charge is -2.16. The Morgan fingerprint density at radius 3 is 2.75 bits per heavy atom. The van der Waals surface area contributed by atoms with Crippen LogP contribution in [0.3, 0.4) is 0 Å². The summed E-state index contributed by atoms with van der Waals surface area (Å²) >= 11 is 0. The minimum absolute atomic E-state index is 0.400. The molecule has 3 N–H and O–H groups in total. The molecule has 0 bridgehead atoms. The van der Waals surface area contributed by atoms with E-state index in [2.05, 4.69) is 36.2 Å². The molecule has 0 spiro atoms. The van der Waals surface area contributed by atoms with Gasteiger partial charge in [-0.3, -0.25) is 5.10 Å². The maximum absolute atomic E-state index is 6.20. The zero-order chi connectivity index (χ0) is 13.9. The van der Waals surface area contributed by atoms with Crippen molar-refractivity contribution in [3.8, 4) is 0 Å². The number of fused-ring (bicyclic) bond motifs is 2. The first-order valence-electron chi connectivity index (χ1n) is 7.21. The van der Waals surface area contributed by atoms with Crippen LogP contribution in [0.2, 0.25) is 0 Å². The molecule has 0 radical (unpaired) electrons. The van der Waals surface area contributed by atoms with Gasteiger partial charge in [0.15, 0.2) is 0 Å². The lowest BCUT2D eigenvalue weighted by atomic mass is 9.94. The Bertz CT molecular complexity index is 812. The molecule has 102 valence electrons. The molecular weight excluding hydrogens is 248 g/mol. The molecule has 1 saturated carbocycles. The molecule has 3 aromatic rings. The Labute approximate surface area is 117 Å². The van der Waals surface area contributed by atoms with E-state index in [1.165, 1.54) is 29.5 Å². The van der Waals surface area contributed by atoms with E-state index in [0.29, 0.717) is 17.7 Å². The SMILES string of the molecule is CC(C)c1nc(N)c2cc3[nH]ncc3cc2c1C1CC1. The van der Waals surface area contributed by atoms with Gasteiger partial charge in [0.25, 0.3) is 0 Å². The first-order valence-corrected chi connectivity index (χ1v) is 7.21. The van der Waals surface area contributed by atoms with Crippen molar-refractivity contribution in [1.29, 1.82) is 0 Å². The summed E-state index contributed by atoms with van der Waals surface area (Å²) < 4.78 is 0. The van der Waals surface area contributed by atoms with Crippen molar-refractivity contribution in [2.45, 2.75) is 38.5 Å². The number of hydrogen-bond donors (Lipinski definition) is 2. The summed E-state index contributed by atoms with van der Waals surface area (Å²) in [6.45, 7) is 4.38. The zero-order valence-corrected chi connectivity index (χ0v) is 11.8. The number of nitrogens with one attached hydrogen (secondary N) is 1. The smallest absolute Gasteiger partial charge is 0.131 e. The van der Waals surface area contributed by atoms with E-state index in [4.69, 9.17) is 10.7 Å². The molecule has 4 heteroatoms. The van der Waals surface area contributed by atoms with Gasteiger partial charge in [-0.25, -0.2) is 4.98 Å². The van der Waals surface area contributed by atoms with Crippen LogP contribution in [-0.4, -0.2) is 15.2 Å². The summed E-state index contributed by atoms with van der Waals surface area (Å²) in [5.41, 5.74) is 9.79. The largest absolute Gasteiger partial charge is 0.383 e. The van der Waals surface area contributed by atoms with E-state index < -0.39 is 0 Å². The summed E-state index contributed by atoms with van der Waals surface area (Å²) in [7, 11) is 0. The maximum atomic E-state index is 6.20. The van der Waals surface area contributed by atoms with Crippen LogP contribution in [-0.2, 0) is 0 Å². The van der Waals surface area contributed by atoms with Crippen LogP contribution in [0.5, 0.6) is 0 Å². The number of H-pyrrole nitrogens is 1. The van der Waals surface area contributed by atoms with E-state index in [-0.39, 0.29) is 0 Å². The second-order valence-corrected chi connectivity index (χ2v) is 6.08. The van der Waals surface area contributed by atoms with Crippen LogP contribution >= 0.6 is 0 Å². The second kappa shape index (κ2) is 3.95. The fourth-order valence-corrected chi connectivity index (χ4v) is 3.06. The number of nitrogens with zero attached hydrogens (tertiary/aromatic N) is 2. The van der Waals surface area contributed by atoms with Gasteiger partial charge in [-0.05, 0) is 47.8 Å². The summed E-state index contributed by atoms with van der Waals surface area (Å²) in [5, 5.41) is 10.6. The summed E-state index contributed by atoms with van der Waals surface area (Å²) in [6.07, 6.45) is 4.41. The van der Waals surface area contributed by atoms with Gasteiger partial charge in [0.1, 0.15) is 5.82 Å². The van der Waals surface area contributed by atoms with E-state index in [0.717, 1.165) is 16.3 Å². The average Bonchev–Trinajstić information content (AvgIpc) is 3.14. The number of aromatic nitrogens is 3. The predicted octanol–water partition coefficient (Wildman–Crippen LogP) is 3.69. The van der Waals surface area contributed by atoms with Crippen LogP contribution < -0.4 is 5.73 Å². The van der Waals surface area contributed by atoms with Crippen LogP contribution in [0, 0.1) is 0 Å². The van der Waals surface area contributed by atoms with Crippen molar-refractivity contribution in [2.75, 3.05) is 5.73 Å². The van der Waals surface area contributed by atoms with Gasteiger partial charge in [-0.15, -0.1) is 0 Å². The van der Waals surface area contributed by atoms with Crippen molar-refractivity contribution in [3.63, 3.8) is 0 Å². The van der Waals surface area contributed by atoms with E-state index >= 15 is 0 Å². The van der Waals surface area contributed by atoms with Crippen LogP contribution in [0.25, 0.3) is 21.7 Å². The molecule has 4 nitrogen and oxygen atoms in total. The van der Waals surface area contributed by atoms with E-state index in [1.807, 2.05) is 6.20 Å². The normalized spacial score (nSPS) is 15.6. The highest BCUT2D eigenvalue weighted by molar-refractivity contribution is 6.03. The Morgan fingerprint density at radius 1 is 1.25 bits per heavy atom. The average molecular weight is 266 g/mol. The van der Waals surface area contributed by atoms with Gasteiger partial charge >= 0.3 is 0 Å². The third-order valence-corrected chi connectivity index (χ3v) is 4.19. The molecule has 0 amide bonds. The number of hydrogen-bond acceptors (Lipinski definition) is 3. The zero-order valence-electron chi connectivity index (χ0n) is 11.8. The fourth-order valence-electron chi connectivity index (χ4n) is 3.06. The molecule has 0 saturated heterocycles. The topological polar surface area (TPSA) is 67.6 Å². The van der Waals surface area contributed by atoms with Gasteiger partial charge in [0, 0.05) is 16.5 Å². The lowest BCUT2D eigenvalue weighted by Crippen LogP contribution is -2.04. The molecule has 1 aliphatic rings. The van der Waals surface area contributed by atoms with Gasteiger partial charge < -0.3 is 5.73 Å². The van der Waals surface area contributed by atoms with Crippen molar-refractivity contribution >= 4 is 27.5 Å². The number of aromatic amines is 1. The molecule has 1 aromatic carbocycles. The summed E-state index contributed by atoms with van der Waals surface area (Å²) in [6, 6.07) is 4.29. The van der Waals surface area contributed by atoms with Gasteiger partial charge in [-0.2, -0.15) is 5.10 Å². The Morgan fingerprint density at radius 2 is 2.05 bits per heavy atom. The Hall–Kier alpha value is -2.10. The van der Waals surface area contributed by atoms with Crippen molar-refractivity contribution in [2.24, 2.45) is 0 Å². The second-order valence-electron chi connectivity index (χ2n) is 6.08. The van der Waals surface area contributed by atoms with Crippen molar-refractivity contribution in [1.82, 2.24) is 15.2 Å². The molecular formula is C16H18N4. The fraction of sp³-hybridized carbons (Fsp3) is 0.375. The molecule has 1 aliphatic carbocycles. The lowest BCUT2D eigenvalue weighted by molar-refractivity contribution is 0.805. The third-order valence-electron chi connectivity index (χ3n) is 4.19. The van der Waals surface area contributed by atoms with Gasteiger partial charge in [0.2, 0.25) is 0 Å². The highest BCUT2D eigenvalue weighted by Crippen LogP contribution is 2.47. The number of nitrogens with two attached hydrogens (primary N) is 1. The number of benzene rings is 1. The molecule has 20 heavy (non-hydrogen) atoms. The molecule has 0 aliphatic heterocycles. The van der Waals surface area contributed by atoms with Crippen LogP contribution in [0.1, 0.15) is 49.8 Å². The minimum Gasteiger partial charge on any atom is -0.383 e.